The molecular formula is C17H15ClN4S. The topological polar surface area (TPSA) is 63.8 Å². The number of benzene rings is 2. The van der Waals surface area contributed by atoms with Gasteiger partial charge in [0, 0.05) is 10.6 Å². The minimum Gasteiger partial charge on any atom is -0.308 e. The molecule has 0 saturated carbocycles. The second-order valence-corrected chi connectivity index (χ2v) is 6.01. The number of aromatic nitrogens is 2. The van der Waals surface area contributed by atoms with Crippen LogP contribution < -0.4 is 11.3 Å². The van der Waals surface area contributed by atoms with Crippen molar-refractivity contribution in [1.29, 1.82) is 0 Å². The van der Waals surface area contributed by atoms with E-state index >= 15 is 0 Å². The van der Waals surface area contributed by atoms with Gasteiger partial charge in [0.2, 0.25) is 0 Å². The molecule has 0 aliphatic carbocycles. The summed E-state index contributed by atoms with van der Waals surface area (Å²) in [4.78, 5) is 9.17. The highest BCUT2D eigenvalue weighted by Crippen LogP contribution is 2.36. The Hall–Kier alpha value is -2.08. The lowest BCUT2D eigenvalue weighted by atomic mass is 10.00. The van der Waals surface area contributed by atoms with E-state index in [0.717, 1.165) is 22.4 Å². The zero-order valence-electron chi connectivity index (χ0n) is 12.5. The molecular weight excluding hydrogens is 328 g/mol. The Labute approximate surface area is 144 Å². The normalized spacial score (nSPS) is 10.6. The van der Waals surface area contributed by atoms with E-state index in [1.165, 1.54) is 11.8 Å². The van der Waals surface area contributed by atoms with Crippen molar-refractivity contribution >= 4 is 29.2 Å². The Morgan fingerprint density at radius 3 is 2.26 bits per heavy atom. The van der Waals surface area contributed by atoms with E-state index in [9.17, 15) is 0 Å². The molecule has 3 aromatic rings. The molecule has 1 aromatic heterocycles. The van der Waals surface area contributed by atoms with Gasteiger partial charge < -0.3 is 5.43 Å². The third-order valence-corrected chi connectivity index (χ3v) is 4.19. The SMILES string of the molecule is CSc1nc(NN)c(-c2ccccc2)c(-c2ccc(Cl)cc2)n1. The first kappa shape index (κ1) is 15.8. The van der Waals surface area contributed by atoms with Gasteiger partial charge in [0.05, 0.1) is 11.3 Å². The monoisotopic (exact) mass is 342 g/mol. The van der Waals surface area contributed by atoms with Crippen molar-refractivity contribution in [2.45, 2.75) is 5.16 Å². The van der Waals surface area contributed by atoms with Crippen LogP contribution in [0.25, 0.3) is 22.4 Å². The van der Waals surface area contributed by atoms with Crippen LogP contribution in [0.15, 0.2) is 59.8 Å². The Kier molecular flexibility index (Phi) is 4.81. The molecule has 6 heteroatoms. The van der Waals surface area contributed by atoms with Crippen molar-refractivity contribution in [1.82, 2.24) is 9.97 Å². The van der Waals surface area contributed by atoms with Crippen LogP contribution in [0.3, 0.4) is 0 Å². The quantitative estimate of drug-likeness (QED) is 0.317. The number of nitrogens with two attached hydrogens (primary N) is 1. The lowest BCUT2D eigenvalue weighted by Gasteiger charge is -2.15. The van der Waals surface area contributed by atoms with Gasteiger partial charge in [0.15, 0.2) is 11.0 Å². The number of hydrogen-bond acceptors (Lipinski definition) is 5. The molecule has 4 nitrogen and oxygen atoms in total. The third-order valence-electron chi connectivity index (χ3n) is 3.39. The summed E-state index contributed by atoms with van der Waals surface area (Å²) in [5.74, 6) is 6.31. The molecule has 0 unspecified atom stereocenters. The average molecular weight is 343 g/mol. The molecule has 23 heavy (non-hydrogen) atoms. The minimum absolute atomic E-state index is 0.598. The fourth-order valence-corrected chi connectivity index (χ4v) is 2.82. The van der Waals surface area contributed by atoms with Crippen LogP contribution in [0.4, 0.5) is 5.82 Å². The van der Waals surface area contributed by atoms with Crippen LogP contribution >= 0.6 is 23.4 Å². The first-order valence-electron chi connectivity index (χ1n) is 6.97. The molecule has 3 N–H and O–H groups in total. The van der Waals surface area contributed by atoms with Gasteiger partial charge in [-0.15, -0.1) is 0 Å². The summed E-state index contributed by atoms with van der Waals surface area (Å²) in [6.45, 7) is 0. The maximum atomic E-state index is 6.00. The average Bonchev–Trinajstić information content (AvgIpc) is 2.62. The van der Waals surface area contributed by atoms with Crippen molar-refractivity contribution in [3.8, 4) is 22.4 Å². The zero-order valence-corrected chi connectivity index (χ0v) is 14.0. The van der Waals surface area contributed by atoms with Gasteiger partial charge in [-0.1, -0.05) is 65.8 Å². The summed E-state index contributed by atoms with van der Waals surface area (Å²) in [6, 6.07) is 17.5. The smallest absolute Gasteiger partial charge is 0.189 e. The molecule has 2 aromatic carbocycles. The highest BCUT2D eigenvalue weighted by Gasteiger charge is 2.17. The number of thioether (sulfide) groups is 1. The van der Waals surface area contributed by atoms with E-state index in [2.05, 4.69) is 15.4 Å². The van der Waals surface area contributed by atoms with E-state index < -0.39 is 0 Å². The van der Waals surface area contributed by atoms with E-state index in [1.807, 2.05) is 60.9 Å². The standard InChI is InChI=1S/C17H15ClN4S/c1-23-17-20-15(12-7-9-13(18)10-8-12)14(16(21-17)22-19)11-5-3-2-4-6-11/h2-10H,19H2,1H3,(H,20,21,22). The molecule has 0 spiro atoms. The molecule has 0 aliphatic rings. The molecule has 0 atom stereocenters. The van der Waals surface area contributed by atoms with Gasteiger partial charge in [0.1, 0.15) is 0 Å². The summed E-state index contributed by atoms with van der Waals surface area (Å²) in [5.41, 5.74) is 6.35. The highest BCUT2D eigenvalue weighted by atomic mass is 35.5. The number of hydrogen-bond donors (Lipinski definition) is 2. The Morgan fingerprint density at radius 1 is 0.957 bits per heavy atom. The van der Waals surface area contributed by atoms with Crippen LogP contribution in [0.1, 0.15) is 0 Å². The molecule has 3 rings (SSSR count). The highest BCUT2D eigenvalue weighted by molar-refractivity contribution is 7.98. The van der Waals surface area contributed by atoms with Crippen molar-refractivity contribution in [2.75, 3.05) is 11.7 Å². The van der Waals surface area contributed by atoms with Gasteiger partial charge in [-0.25, -0.2) is 15.8 Å². The molecule has 0 saturated heterocycles. The summed E-state index contributed by atoms with van der Waals surface area (Å²) < 4.78 is 0. The number of hydrazine groups is 1. The van der Waals surface area contributed by atoms with Crippen molar-refractivity contribution in [3.05, 3.63) is 59.6 Å². The van der Waals surface area contributed by atoms with Gasteiger partial charge >= 0.3 is 0 Å². The van der Waals surface area contributed by atoms with Crippen LogP contribution in [-0.2, 0) is 0 Å². The van der Waals surface area contributed by atoms with Gasteiger partial charge in [0.25, 0.3) is 0 Å². The van der Waals surface area contributed by atoms with Gasteiger partial charge in [-0.05, 0) is 24.0 Å². The van der Waals surface area contributed by atoms with Crippen LogP contribution in [0, 0.1) is 0 Å². The summed E-state index contributed by atoms with van der Waals surface area (Å²) in [7, 11) is 0. The molecule has 0 fully saturated rings. The minimum atomic E-state index is 0.598. The van der Waals surface area contributed by atoms with Crippen LogP contribution in [0.2, 0.25) is 5.02 Å². The Balaban J connectivity index is 2.29. The Morgan fingerprint density at radius 2 is 1.65 bits per heavy atom. The number of nitrogens with zero attached hydrogens (tertiary/aromatic N) is 2. The summed E-state index contributed by atoms with van der Waals surface area (Å²) >= 11 is 7.47. The van der Waals surface area contributed by atoms with Crippen molar-refractivity contribution in [3.63, 3.8) is 0 Å². The predicted molar refractivity (Wildman–Crippen MR) is 97.5 cm³/mol. The Bertz CT molecular complexity index is 807. The summed E-state index contributed by atoms with van der Waals surface area (Å²) in [6.07, 6.45) is 1.93. The van der Waals surface area contributed by atoms with Gasteiger partial charge in [-0.3, -0.25) is 0 Å². The second kappa shape index (κ2) is 7.00. The molecule has 0 radical (unpaired) electrons. The number of nitrogens with one attached hydrogen (secondary N) is 1. The largest absolute Gasteiger partial charge is 0.308 e. The second-order valence-electron chi connectivity index (χ2n) is 4.80. The van der Waals surface area contributed by atoms with Crippen LogP contribution in [0.5, 0.6) is 0 Å². The lowest BCUT2D eigenvalue weighted by Crippen LogP contribution is -2.12. The molecule has 1 heterocycles. The van der Waals surface area contributed by atoms with Gasteiger partial charge in [-0.2, -0.15) is 0 Å². The predicted octanol–water partition coefficient (Wildman–Crippen LogP) is 4.47. The number of rotatable bonds is 4. The van der Waals surface area contributed by atoms with Crippen LogP contribution in [-0.4, -0.2) is 16.2 Å². The number of halogens is 1. The van der Waals surface area contributed by atoms with E-state index in [1.54, 1.807) is 0 Å². The third kappa shape index (κ3) is 3.32. The lowest BCUT2D eigenvalue weighted by molar-refractivity contribution is 0.974. The van der Waals surface area contributed by atoms with E-state index in [-0.39, 0.29) is 0 Å². The molecule has 0 bridgehead atoms. The van der Waals surface area contributed by atoms with Crippen molar-refractivity contribution in [2.24, 2.45) is 5.84 Å². The first-order chi connectivity index (χ1) is 11.2. The number of anilines is 1. The zero-order chi connectivity index (χ0) is 16.2. The first-order valence-corrected chi connectivity index (χ1v) is 8.57. The van der Waals surface area contributed by atoms with Crippen molar-refractivity contribution < 1.29 is 0 Å². The number of nitrogen functional groups attached to an aromatic ring is 1. The van der Waals surface area contributed by atoms with E-state index in [4.69, 9.17) is 17.4 Å². The summed E-state index contributed by atoms with van der Waals surface area (Å²) in [5, 5.41) is 1.34. The maximum Gasteiger partial charge on any atom is 0.189 e. The fourth-order valence-electron chi connectivity index (χ4n) is 2.33. The molecule has 0 aliphatic heterocycles. The molecule has 116 valence electrons. The molecule has 0 amide bonds. The van der Waals surface area contributed by atoms with E-state index in [0.29, 0.717) is 16.0 Å². The maximum absolute atomic E-state index is 6.00. The fraction of sp³-hybridized carbons (Fsp3) is 0.0588.